The van der Waals surface area contributed by atoms with Crippen molar-refractivity contribution in [2.24, 2.45) is 0 Å². The maximum Gasteiger partial charge on any atom is 0.322 e. The highest BCUT2D eigenvalue weighted by Crippen LogP contribution is 2.28. The number of benzene rings is 1. The molecule has 1 aromatic rings. The number of hydrogen-bond donors (Lipinski definition) is 2. The Balaban J connectivity index is 1.85. The van der Waals surface area contributed by atoms with Crippen LogP contribution < -0.4 is 15.5 Å². The molecule has 0 radical (unpaired) electrons. The van der Waals surface area contributed by atoms with Gasteiger partial charge in [0, 0.05) is 19.1 Å². The molecule has 0 bridgehead atoms. The van der Waals surface area contributed by atoms with Crippen LogP contribution in [0.5, 0.6) is 0 Å². The molecular formula is C13H17N3O. The molecule has 1 saturated carbocycles. The molecule has 1 aromatic carbocycles. The number of carbonyl (C=O) groups is 1. The van der Waals surface area contributed by atoms with E-state index < -0.39 is 0 Å². The van der Waals surface area contributed by atoms with E-state index in [1.54, 1.807) is 0 Å². The van der Waals surface area contributed by atoms with E-state index in [0.717, 1.165) is 43.7 Å². The zero-order valence-corrected chi connectivity index (χ0v) is 9.78. The predicted octanol–water partition coefficient (Wildman–Crippen LogP) is 2.18. The van der Waals surface area contributed by atoms with Crippen LogP contribution in [-0.4, -0.2) is 25.2 Å². The van der Waals surface area contributed by atoms with Crippen LogP contribution in [0.4, 0.5) is 16.2 Å². The summed E-state index contributed by atoms with van der Waals surface area (Å²) in [6, 6.07) is 8.45. The maximum absolute atomic E-state index is 12.2. The molecule has 17 heavy (non-hydrogen) atoms. The average molecular weight is 231 g/mol. The normalized spacial score (nSPS) is 18.9. The number of anilines is 2. The average Bonchev–Trinajstić information content (AvgIpc) is 3.14. The van der Waals surface area contributed by atoms with Crippen molar-refractivity contribution in [1.29, 1.82) is 0 Å². The Kier molecular flexibility index (Phi) is 2.63. The molecule has 0 aromatic heterocycles. The van der Waals surface area contributed by atoms with E-state index in [2.05, 4.69) is 10.6 Å². The Labute approximate surface area is 101 Å². The van der Waals surface area contributed by atoms with Crippen LogP contribution in [-0.2, 0) is 0 Å². The third kappa shape index (κ3) is 2.20. The van der Waals surface area contributed by atoms with Gasteiger partial charge in [-0.1, -0.05) is 12.1 Å². The highest BCUT2D eigenvalue weighted by atomic mass is 16.2. The van der Waals surface area contributed by atoms with E-state index in [4.69, 9.17) is 0 Å². The van der Waals surface area contributed by atoms with Gasteiger partial charge in [0.2, 0.25) is 0 Å². The SMILES string of the molecule is O=C(NC1CC1)N1CCCNc2ccccc21. The number of carbonyl (C=O) groups excluding carboxylic acids is 1. The van der Waals surface area contributed by atoms with E-state index in [-0.39, 0.29) is 6.03 Å². The first-order chi connectivity index (χ1) is 8.34. The van der Waals surface area contributed by atoms with Crippen molar-refractivity contribution in [1.82, 2.24) is 5.32 Å². The minimum absolute atomic E-state index is 0.0450. The molecule has 2 aliphatic rings. The number of para-hydroxylation sites is 2. The third-order valence-electron chi connectivity index (χ3n) is 3.22. The molecule has 4 heteroatoms. The van der Waals surface area contributed by atoms with E-state index in [1.165, 1.54) is 0 Å². The van der Waals surface area contributed by atoms with Crippen LogP contribution in [0.2, 0.25) is 0 Å². The fourth-order valence-electron chi connectivity index (χ4n) is 2.13. The monoisotopic (exact) mass is 231 g/mol. The molecule has 0 spiro atoms. The van der Waals surface area contributed by atoms with Gasteiger partial charge in [0.15, 0.2) is 0 Å². The van der Waals surface area contributed by atoms with Crippen LogP contribution in [0.15, 0.2) is 24.3 Å². The van der Waals surface area contributed by atoms with E-state index in [0.29, 0.717) is 6.04 Å². The summed E-state index contributed by atoms with van der Waals surface area (Å²) in [5.74, 6) is 0. The largest absolute Gasteiger partial charge is 0.383 e. The van der Waals surface area contributed by atoms with E-state index in [1.807, 2.05) is 29.2 Å². The predicted molar refractivity (Wildman–Crippen MR) is 68.4 cm³/mol. The lowest BCUT2D eigenvalue weighted by Crippen LogP contribution is -2.41. The number of nitrogens with one attached hydrogen (secondary N) is 2. The fourth-order valence-corrected chi connectivity index (χ4v) is 2.13. The van der Waals surface area contributed by atoms with Gasteiger partial charge in [-0.05, 0) is 31.4 Å². The molecule has 0 atom stereocenters. The summed E-state index contributed by atoms with van der Waals surface area (Å²) >= 11 is 0. The summed E-state index contributed by atoms with van der Waals surface area (Å²) in [5.41, 5.74) is 2.04. The summed E-state index contributed by atoms with van der Waals surface area (Å²) in [6.45, 7) is 1.70. The second-order valence-electron chi connectivity index (χ2n) is 4.67. The van der Waals surface area contributed by atoms with Crippen LogP contribution >= 0.6 is 0 Å². The van der Waals surface area contributed by atoms with Crippen LogP contribution in [0, 0.1) is 0 Å². The fraction of sp³-hybridized carbons (Fsp3) is 0.462. The van der Waals surface area contributed by atoms with Crippen LogP contribution in [0.1, 0.15) is 19.3 Å². The van der Waals surface area contributed by atoms with Gasteiger partial charge in [-0.2, -0.15) is 0 Å². The van der Waals surface area contributed by atoms with Gasteiger partial charge in [-0.3, -0.25) is 4.90 Å². The van der Waals surface area contributed by atoms with Crippen LogP contribution in [0.3, 0.4) is 0 Å². The first-order valence-corrected chi connectivity index (χ1v) is 6.25. The second-order valence-corrected chi connectivity index (χ2v) is 4.67. The van der Waals surface area contributed by atoms with Crippen molar-refractivity contribution in [3.63, 3.8) is 0 Å². The lowest BCUT2D eigenvalue weighted by molar-refractivity contribution is 0.246. The molecule has 0 saturated heterocycles. The van der Waals surface area contributed by atoms with Gasteiger partial charge in [-0.15, -0.1) is 0 Å². The Hall–Kier alpha value is -1.71. The van der Waals surface area contributed by atoms with Gasteiger partial charge in [0.05, 0.1) is 11.4 Å². The highest BCUT2D eigenvalue weighted by molar-refractivity contribution is 5.96. The Morgan fingerprint density at radius 1 is 1.35 bits per heavy atom. The lowest BCUT2D eigenvalue weighted by atomic mass is 10.2. The summed E-state index contributed by atoms with van der Waals surface area (Å²) in [7, 11) is 0. The van der Waals surface area contributed by atoms with E-state index in [9.17, 15) is 4.79 Å². The first-order valence-electron chi connectivity index (χ1n) is 6.25. The number of fused-ring (bicyclic) bond motifs is 1. The standard InChI is InChI=1S/C13H17N3O/c17-13(15-10-6-7-10)16-9-3-8-14-11-4-1-2-5-12(11)16/h1-2,4-5,10,14H,3,6-9H2,(H,15,17). The zero-order valence-electron chi connectivity index (χ0n) is 9.78. The Bertz CT molecular complexity index is 428. The number of hydrogen-bond acceptors (Lipinski definition) is 2. The number of rotatable bonds is 1. The summed E-state index contributed by atoms with van der Waals surface area (Å²) in [5, 5.41) is 6.41. The topological polar surface area (TPSA) is 44.4 Å². The smallest absolute Gasteiger partial charge is 0.322 e. The highest BCUT2D eigenvalue weighted by Gasteiger charge is 2.27. The van der Waals surface area contributed by atoms with Crippen molar-refractivity contribution < 1.29 is 4.79 Å². The first kappa shape index (κ1) is 10.4. The van der Waals surface area contributed by atoms with E-state index >= 15 is 0 Å². The van der Waals surface area contributed by atoms with Gasteiger partial charge in [0.1, 0.15) is 0 Å². The molecule has 1 fully saturated rings. The summed E-state index contributed by atoms with van der Waals surface area (Å²) in [4.78, 5) is 14.0. The van der Waals surface area contributed by atoms with Gasteiger partial charge < -0.3 is 10.6 Å². The third-order valence-corrected chi connectivity index (χ3v) is 3.22. The van der Waals surface area contributed by atoms with Gasteiger partial charge in [0.25, 0.3) is 0 Å². The van der Waals surface area contributed by atoms with Crippen molar-refractivity contribution in [2.75, 3.05) is 23.3 Å². The molecule has 3 rings (SSSR count). The number of nitrogens with zero attached hydrogens (tertiary/aromatic N) is 1. The molecule has 1 aliphatic heterocycles. The molecule has 1 heterocycles. The number of amides is 2. The molecular weight excluding hydrogens is 214 g/mol. The van der Waals surface area contributed by atoms with Crippen molar-refractivity contribution in [3.05, 3.63) is 24.3 Å². The number of urea groups is 1. The zero-order chi connectivity index (χ0) is 11.7. The maximum atomic E-state index is 12.2. The Morgan fingerprint density at radius 2 is 2.18 bits per heavy atom. The quantitative estimate of drug-likeness (QED) is 0.778. The molecule has 4 nitrogen and oxygen atoms in total. The molecule has 1 aliphatic carbocycles. The van der Waals surface area contributed by atoms with Crippen molar-refractivity contribution in [3.8, 4) is 0 Å². The lowest BCUT2D eigenvalue weighted by Gasteiger charge is -2.22. The molecule has 90 valence electrons. The summed E-state index contributed by atoms with van der Waals surface area (Å²) in [6.07, 6.45) is 3.23. The van der Waals surface area contributed by atoms with Crippen LogP contribution in [0.25, 0.3) is 0 Å². The molecule has 0 unspecified atom stereocenters. The minimum atomic E-state index is 0.0450. The van der Waals surface area contributed by atoms with Gasteiger partial charge in [-0.25, -0.2) is 4.79 Å². The van der Waals surface area contributed by atoms with Crippen molar-refractivity contribution >= 4 is 17.4 Å². The molecule has 2 N–H and O–H groups in total. The minimum Gasteiger partial charge on any atom is -0.383 e. The van der Waals surface area contributed by atoms with Crippen molar-refractivity contribution in [2.45, 2.75) is 25.3 Å². The van der Waals surface area contributed by atoms with Gasteiger partial charge >= 0.3 is 6.03 Å². The second kappa shape index (κ2) is 4.28. The summed E-state index contributed by atoms with van der Waals surface area (Å²) < 4.78 is 0. The molecule has 2 amide bonds. The Morgan fingerprint density at radius 3 is 3.00 bits per heavy atom.